The van der Waals surface area contributed by atoms with E-state index in [9.17, 15) is 13.6 Å². The van der Waals surface area contributed by atoms with Crippen LogP contribution in [-0.4, -0.2) is 27.8 Å². The largest absolute Gasteiger partial charge is 0.378 e. The van der Waals surface area contributed by atoms with Crippen molar-refractivity contribution in [3.05, 3.63) is 34.6 Å². The lowest BCUT2D eigenvalue weighted by Gasteiger charge is -2.15. The average Bonchev–Trinajstić information content (AvgIpc) is 3.08. The first-order valence-corrected chi connectivity index (χ1v) is 6.57. The van der Waals surface area contributed by atoms with Gasteiger partial charge in [-0.1, -0.05) is 5.16 Å². The smallest absolute Gasteiger partial charge is 0.327 e. The van der Waals surface area contributed by atoms with Gasteiger partial charge in [0.25, 0.3) is 5.89 Å². The number of aromatic amines is 1. The maximum absolute atomic E-state index is 14.1. The van der Waals surface area contributed by atoms with E-state index in [1.54, 1.807) is 0 Å². The van der Waals surface area contributed by atoms with E-state index in [-0.39, 0.29) is 11.4 Å². The molecular weight excluding hydrogens is 284 g/mol. The van der Waals surface area contributed by atoms with Crippen LogP contribution in [0.3, 0.4) is 0 Å². The molecule has 0 spiro atoms. The summed E-state index contributed by atoms with van der Waals surface area (Å²) in [6.07, 6.45) is 1.80. The van der Waals surface area contributed by atoms with E-state index in [2.05, 4.69) is 19.6 Å². The van der Waals surface area contributed by atoms with Gasteiger partial charge in [0.2, 0.25) is 11.4 Å². The van der Waals surface area contributed by atoms with Gasteiger partial charge in [0, 0.05) is 30.9 Å². The molecule has 0 amide bonds. The van der Waals surface area contributed by atoms with E-state index < -0.39 is 24.3 Å². The van der Waals surface area contributed by atoms with E-state index in [1.165, 1.54) is 18.3 Å². The molecule has 1 N–H and O–H groups in total. The Morgan fingerprint density at radius 2 is 2.33 bits per heavy atom. The number of pyridine rings is 1. The van der Waals surface area contributed by atoms with Gasteiger partial charge in [-0.2, -0.15) is 13.8 Å². The summed E-state index contributed by atoms with van der Waals surface area (Å²) in [6.45, 7) is 0.503. The molecular formula is C13H13F2N3O3. The van der Waals surface area contributed by atoms with Gasteiger partial charge in [0.05, 0.1) is 6.10 Å². The fourth-order valence-corrected chi connectivity index (χ4v) is 2.25. The quantitative estimate of drug-likeness (QED) is 0.934. The number of rotatable bonds is 4. The molecule has 2 aromatic heterocycles. The van der Waals surface area contributed by atoms with E-state index >= 15 is 0 Å². The highest BCUT2D eigenvalue weighted by Crippen LogP contribution is 2.35. The van der Waals surface area contributed by atoms with Gasteiger partial charge in [0.1, 0.15) is 0 Å². The molecule has 21 heavy (non-hydrogen) atoms. The van der Waals surface area contributed by atoms with Crippen molar-refractivity contribution in [3.63, 3.8) is 0 Å². The average molecular weight is 297 g/mol. The Kier molecular flexibility index (Phi) is 3.54. The van der Waals surface area contributed by atoms with Crippen LogP contribution in [-0.2, 0) is 10.7 Å². The standard InChI is InChI=1S/C13H13F2N3O3/c14-13(15,7-9-2-1-5-20-9)12-17-11(18-21-12)8-3-4-16-10(19)6-8/h3-4,6,9H,1-2,5,7H2,(H,16,19). The molecule has 0 aromatic carbocycles. The predicted molar refractivity (Wildman–Crippen MR) is 67.8 cm³/mol. The number of H-pyrrole nitrogens is 1. The number of aromatic nitrogens is 3. The van der Waals surface area contributed by atoms with Crippen LogP contribution in [0.4, 0.5) is 8.78 Å². The number of hydrogen-bond donors (Lipinski definition) is 1. The third-order valence-electron chi connectivity index (χ3n) is 3.28. The highest BCUT2D eigenvalue weighted by atomic mass is 19.3. The fraction of sp³-hybridized carbons (Fsp3) is 0.462. The summed E-state index contributed by atoms with van der Waals surface area (Å²) in [5.74, 6) is -4.04. The van der Waals surface area contributed by atoms with Crippen molar-refractivity contribution in [1.29, 1.82) is 0 Å². The third kappa shape index (κ3) is 2.99. The number of ether oxygens (including phenoxy) is 1. The highest BCUT2D eigenvalue weighted by Gasteiger charge is 2.42. The molecule has 1 aliphatic rings. The number of alkyl halides is 2. The lowest BCUT2D eigenvalue weighted by Crippen LogP contribution is -2.22. The van der Waals surface area contributed by atoms with E-state index in [0.717, 1.165) is 6.42 Å². The predicted octanol–water partition coefficient (Wildman–Crippen LogP) is 2.09. The van der Waals surface area contributed by atoms with Gasteiger partial charge in [-0.3, -0.25) is 4.79 Å². The molecule has 0 aliphatic carbocycles. The zero-order chi connectivity index (χ0) is 14.9. The van der Waals surface area contributed by atoms with Crippen LogP contribution < -0.4 is 5.56 Å². The Morgan fingerprint density at radius 1 is 1.48 bits per heavy atom. The summed E-state index contributed by atoms with van der Waals surface area (Å²) in [6, 6.07) is 2.72. The minimum Gasteiger partial charge on any atom is -0.378 e. The molecule has 1 saturated heterocycles. The molecule has 8 heteroatoms. The second kappa shape index (κ2) is 5.36. The Hall–Kier alpha value is -2.09. The Bertz CT molecular complexity index is 677. The van der Waals surface area contributed by atoms with E-state index in [0.29, 0.717) is 18.6 Å². The van der Waals surface area contributed by atoms with Crippen molar-refractivity contribution < 1.29 is 18.0 Å². The molecule has 1 aliphatic heterocycles. The first-order valence-electron chi connectivity index (χ1n) is 6.57. The van der Waals surface area contributed by atoms with Crippen molar-refractivity contribution >= 4 is 0 Å². The monoisotopic (exact) mass is 297 g/mol. The molecule has 6 nitrogen and oxygen atoms in total. The third-order valence-corrected chi connectivity index (χ3v) is 3.28. The summed E-state index contributed by atoms with van der Waals surface area (Å²) < 4.78 is 38.0. The second-order valence-electron chi connectivity index (χ2n) is 4.91. The number of nitrogens with zero attached hydrogens (tertiary/aromatic N) is 2. The summed E-state index contributed by atoms with van der Waals surface area (Å²) in [5, 5.41) is 3.51. The first kappa shape index (κ1) is 13.9. The normalized spacial score (nSPS) is 19.0. The minimum absolute atomic E-state index is 0.0388. The topological polar surface area (TPSA) is 81.0 Å². The van der Waals surface area contributed by atoms with Gasteiger partial charge < -0.3 is 14.2 Å². The zero-order valence-electron chi connectivity index (χ0n) is 11.0. The molecule has 3 rings (SSSR count). The lowest BCUT2D eigenvalue weighted by molar-refractivity contribution is -0.0776. The summed E-state index contributed by atoms with van der Waals surface area (Å²) >= 11 is 0. The van der Waals surface area contributed by atoms with Crippen LogP contribution in [0.5, 0.6) is 0 Å². The van der Waals surface area contributed by atoms with Gasteiger partial charge in [-0.25, -0.2) is 0 Å². The van der Waals surface area contributed by atoms with Gasteiger partial charge in [-0.05, 0) is 18.9 Å². The van der Waals surface area contributed by atoms with E-state index in [1.807, 2.05) is 0 Å². The molecule has 0 saturated carbocycles. The van der Waals surface area contributed by atoms with Gasteiger partial charge >= 0.3 is 5.92 Å². The van der Waals surface area contributed by atoms with Crippen LogP contribution >= 0.6 is 0 Å². The van der Waals surface area contributed by atoms with Crippen molar-refractivity contribution in [3.8, 4) is 11.4 Å². The Balaban J connectivity index is 1.81. The highest BCUT2D eigenvalue weighted by molar-refractivity contribution is 5.52. The zero-order valence-corrected chi connectivity index (χ0v) is 11.0. The maximum Gasteiger partial charge on any atom is 0.327 e. The SMILES string of the molecule is O=c1cc(-c2noc(C(F)(F)CC3CCCO3)n2)cc[nH]1. The van der Waals surface area contributed by atoms with Crippen molar-refractivity contribution in [2.45, 2.75) is 31.3 Å². The van der Waals surface area contributed by atoms with Gasteiger partial charge in [0.15, 0.2) is 0 Å². The van der Waals surface area contributed by atoms with Crippen molar-refractivity contribution in [1.82, 2.24) is 15.1 Å². The Labute approximate surface area is 118 Å². The van der Waals surface area contributed by atoms with Gasteiger partial charge in [-0.15, -0.1) is 0 Å². The van der Waals surface area contributed by atoms with Crippen LogP contribution in [0, 0.1) is 0 Å². The fourth-order valence-electron chi connectivity index (χ4n) is 2.25. The second-order valence-corrected chi connectivity index (χ2v) is 4.91. The van der Waals surface area contributed by atoms with E-state index in [4.69, 9.17) is 4.74 Å². The number of nitrogens with one attached hydrogen (secondary N) is 1. The maximum atomic E-state index is 14.1. The summed E-state index contributed by atoms with van der Waals surface area (Å²) in [4.78, 5) is 17.3. The molecule has 3 heterocycles. The molecule has 1 atom stereocenters. The van der Waals surface area contributed by atoms with Crippen LogP contribution in [0.25, 0.3) is 11.4 Å². The number of halogens is 2. The van der Waals surface area contributed by atoms with Crippen LogP contribution in [0.15, 0.2) is 27.6 Å². The van der Waals surface area contributed by atoms with Crippen LogP contribution in [0.1, 0.15) is 25.2 Å². The summed E-state index contributed by atoms with van der Waals surface area (Å²) in [5.41, 5.74) is -0.0494. The number of hydrogen-bond acceptors (Lipinski definition) is 5. The molecule has 2 aromatic rings. The summed E-state index contributed by atoms with van der Waals surface area (Å²) in [7, 11) is 0. The van der Waals surface area contributed by atoms with Crippen molar-refractivity contribution in [2.75, 3.05) is 6.61 Å². The van der Waals surface area contributed by atoms with Crippen molar-refractivity contribution in [2.24, 2.45) is 0 Å². The lowest BCUT2D eigenvalue weighted by atomic mass is 10.1. The molecule has 1 fully saturated rings. The Morgan fingerprint density at radius 3 is 3.05 bits per heavy atom. The molecule has 112 valence electrons. The first-order chi connectivity index (χ1) is 10.0. The van der Waals surface area contributed by atoms with Crippen LogP contribution in [0.2, 0.25) is 0 Å². The molecule has 0 bridgehead atoms. The molecule has 1 unspecified atom stereocenters. The minimum atomic E-state index is -3.25. The molecule has 0 radical (unpaired) electrons.